The molecule has 0 unspecified atom stereocenters. The second-order valence-corrected chi connectivity index (χ2v) is 7.61. The van der Waals surface area contributed by atoms with E-state index in [0.29, 0.717) is 32.9 Å². The minimum Gasteiger partial charge on any atom is -0.378 e. The summed E-state index contributed by atoms with van der Waals surface area (Å²) in [5.41, 5.74) is 2.03. The van der Waals surface area contributed by atoms with E-state index in [1.54, 1.807) is 0 Å². The predicted molar refractivity (Wildman–Crippen MR) is 115 cm³/mol. The van der Waals surface area contributed by atoms with E-state index in [0.717, 1.165) is 49.2 Å². The summed E-state index contributed by atoms with van der Waals surface area (Å²) >= 11 is 0. The lowest BCUT2D eigenvalue weighted by atomic mass is 10.2. The molecular weight excluding hydrogens is 382 g/mol. The molecule has 8 heteroatoms. The van der Waals surface area contributed by atoms with Crippen LogP contribution in [-0.2, 0) is 20.9 Å². The van der Waals surface area contributed by atoms with Gasteiger partial charge in [0, 0.05) is 51.0 Å². The number of nitrogens with zero attached hydrogens (tertiary/aromatic N) is 5. The number of carbonyl (C=O) groups is 1. The molecule has 0 bridgehead atoms. The van der Waals surface area contributed by atoms with Crippen LogP contribution in [0.2, 0.25) is 0 Å². The maximum absolute atomic E-state index is 12.5. The van der Waals surface area contributed by atoms with Gasteiger partial charge < -0.3 is 24.2 Å². The van der Waals surface area contributed by atoms with Crippen molar-refractivity contribution in [1.29, 1.82) is 0 Å². The van der Waals surface area contributed by atoms with Gasteiger partial charge in [0.1, 0.15) is 12.4 Å². The van der Waals surface area contributed by atoms with Gasteiger partial charge in [0.25, 0.3) is 0 Å². The Bertz CT molecular complexity index is 834. The Morgan fingerprint density at radius 3 is 2.47 bits per heavy atom. The lowest BCUT2D eigenvalue weighted by Gasteiger charge is -2.36. The molecule has 2 aliphatic rings. The summed E-state index contributed by atoms with van der Waals surface area (Å²) in [5, 5.41) is 0. The van der Waals surface area contributed by atoms with E-state index in [9.17, 15) is 4.79 Å². The summed E-state index contributed by atoms with van der Waals surface area (Å²) in [4.78, 5) is 28.2. The maximum atomic E-state index is 12.5. The van der Waals surface area contributed by atoms with Crippen molar-refractivity contribution in [1.82, 2.24) is 14.9 Å². The number of piperazine rings is 1. The van der Waals surface area contributed by atoms with E-state index in [1.807, 2.05) is 48.2 Å². The first-order valence-corrected chi connectivity index (χ1v) is 10.5. The zero-order valence-corrected chi connectivity index (χ0v) is 17.5. The minimum atomic E-state index is 0.0402. The van der Waals surface area contributed by atoms with E-state index < -0.39 is 0 Å². The van der Waals surface area contributed by atoms with Crippen molar-refractivity contribution in [3.63, 3.8) is 0 Å². The number of aromatic nitrogens is 2. The summed E-state index contributed by atoms with van der Waals surface area (Å²) < 4.78 is 11.0. The highest BCUT2D eigenvalue weighted by Gasteiger charge is 2.23. The Hall–Kier alpha value is -2.71. The van der Waals surface area contributed by atoms with Gasteiger partial charge in [-0.05, 0) is 12.5 Å². The monoisotopic (exact) mass is 411 g/mol. The first-order chi connectivity index (χ1) is 14.7. The van der Waals surface area contributed by atoms with Crippen molar-refractivity contribution in [3.8, 4) is 0 Å². The summed E-state index contributed by atoms with van der Waals surface area (Å²) in [6, 6.07) is 11.9. The van der Waals surface area contributed by atoms with Crippen LogP contribution < -0.4 is 9.80 Å². The van der Waals surface area contributed by atoms with Gasteiger partial charge in [-0.1, -0.05) is 30.3 Å². The average Bonchev–Trinajstić information content (AvgIpc) is 2.80. The Morgan fingerprint density at radius 1 is 1.00 bits per heavy atom. The number of anilines is 2. The summed E-state index contributed by atoms with van der Waals surface area (Å²) in [7, 11) is 0. The van der Waals surface area contributed by atoms with Crippen molar-refractivity contribution >= 4 is 17.7 Å². The number of amides is 1. The molecule has 1 aromatic heterocycles. The Labute approximate surface area is 177 Å². The van der Waals surface area contributed by atoms with Crippen molar-refractivity contribution < 1.29 is 14.3 Å². The predicted octanol–water partition coefficient (Wildman–Crippen LogP) is 1.49. The molecule has 1 aromatic carbocycles. The second kappa shape index (κ2) is 9.86. The molecule has 4 rings (SSSR count). The van der Waals surface area contributed by atoms with Crippen LogP contribution in [0.1, 0.15) is 11.3 Å². The third-order valence-corrected chi connectivity index (χ3v) is 5.42. The average molecular weight is 412 g/mol. The lowest BCUT2D eigenvalue weighted by Crippen LogP contribution is -2.50. The number of benzene rings is 1. The van der Waals surface area contributed by atoms with E-state index in [-0.39, 0.29) is 12.5 Å². The van der Waals surface area contributed by atoms with Gasteiger partial charge >= 0.3 is 0 Å². The van der Waals surface area contributed by atoms with Crippen molar-refractivity contribution in [2.75, 3.05) is 68.9 Å². The molecule has 0 N–H and O–H groups in total. The lowest BCUT2D eigenvalue weighted by molar-refractivity contribution is -0.136. The fourth-order valence-electron chi connectivity index (χ4n) is 3.71. The van der Waals surface area contributed by atoms with Crippen LogP contribution in [0.5, 0.6) is 0 Å². The SMILES string of the molecule is Cc1cc(N2CCN(C(=O)COCc3ccccc3)CC2)nc(N2CCOCC2)n1. The third-order valence-electron chi connectivity index (χ3n) is 5.42. The first kappa shape index (κ1) is 20.6. The van der Waals surface area contributed by atoms with Gasteiger partial charge in [-0.3, -0.25) is 4.79 Å². The van der Waals surface area contributed by atoms with Crippen LogP contribution >= 0.6 is 0 Å². The van der Waals surface area contributed by atoms with Gasteiger partial charge in [0.05, 0.1) is 19.8 Å². The molecule has 0 spiro atoms. The normalized spacial score (nSPS) is 17.3. The molecule has 0 aliphatic carbocycles. The van der Waals surface area contributed by atoms with Crippen LogP contribution in [0.3, 0.4) is 0 Å². The second-order valence-electron chi connectivity index (χ2n) is 7.61. The van der Waals surface area contributed by atoms with Crippen LogP contribution in [0.4, 0.5) is 11.8 Å². The van der Waals surface area contributed by atoms with Gasteiger partial charge in [0.15, 0.2) is 0 Å². The smallest absolute Gasteiger partial charge is 0.248 e. The molecule has 160 valence electrons. The molecule has 3 heterocycles. The Balaban J connectivity index is 1.28. The summed E-state index contributed by atoms with van der Waals surface area (Å²) in [5.74, 6) is 1.73. The summed E-state index contributed by atoms with van der Waals surface area (Å²) in [6.45, 7) is 8.46. The van der Waals surface area contributed by atoms with E-state index in [1.165, 1.54) is 0 Å². The molecule has 2 saturated heterocycles. The third kappa shape index (κ3) is 5.25. The van der Waals surface area contributed by atoms with Gasteiger partial charge in [-0.2, -0.15) is 4.98 Å². The quantitative estimate of drug-likeness (QED) is 0.713. The number of hydrogen-bond donors (Lipinski definition) is 0. The molecule has 0 saturated carbocycles. The van der Waals surface area contributed by atoms with Crippen molar-refractivity contribution in [2.24, 2.45) is 0 Å². The highest BCUT2D eigenvalue weighted by atomic mass is 16.5. The standard InChI is InChI=1S/C22H29N5O3/c1-18-15-20(24-22(23-18)27-11-13-29-14-12-27)25-7-9-26(10-8-25)21(28)17-30-16-19-5-3-2-4-6-19/h2-6,15H,7-14,16-17H2,1H3. The Morgan fingerprint density at radius 2 is 1.73 bits per heavy atom. The highest BCUT2D eigenvalue weighted by molar-refractivity contribution is 5.77. The maximum Gasteiger partial charge on any atom is 0.248 e. The van der Waals surface area contributed by atoms with E-state index >= 15 is 0 Å². The van der Waals surface area contributed by atoms with Crippen molar-refractivity contribution in [3.05, 3.63) is 47.7 Å². The van der Waals surface area contributed by atoms with Crippen molar-refractivity contribution in [2.45, 2.75) is 13.5 Å². The molecule has 0 atom stereocenters. The first-order valence-electron chi connectivity index (χ1n) is 10.5. The summed E-state index contributed by atoms with van der Waals surface area (Å²) in [6.07, 6.45) is 0. The number of hydrogen-bond acceptors (Lipinski definition) is 7. The molecular formula is C22H29N5O3. The number of carbonyl (C=O) groups excluding carboxylic acids is 1. The number of morpholine rings is 1. The van der Waals surface area contributed by atoms with Crippen LogP contribution in [0.15, 0.2) is 36.4 Å². The molecule has 1 amide bonds. The van der Waals surface area contributed by atoms with Gasteiger partial charge in [-0.25, -0.2) is 4.98 Å². The van der Waals surface area contributed by atoms with Gasteiger partial charge in [-0.15, -0.1) is 0 Å². The zero-order chi connectivity index (χ0) is 20.8. The Kier molecular flexibility index (Phi) is 6.76. The molecule has 8 nitrogen and oxygen atoms in total. The molecule has 30 heavy (non-hydrogen) atoms. The van der Waals surface area contributed by atoms with Crippen LogP contribution in [0, 0.1) is 6.92 Å². The zero-order valence-electron chi connectivity index (χ0n) is 17.5. The topological polar surface area (TPSA) is 71.0 Å². The minimum absolute atomic E-state index is 0.0402. The van der Waals surface area contributed by atoms with Crippen LogP contribution in [0.25, 0.3) is 0 Å². The molecule has 2 fully saturated rings. The molecule has 0 radical (unpaired) electrons. The number of ether oxygens (including phenoxy) is 2. The number of aryl methyl sites for hydroxylation is 1. The molecule has 2 aromatic rings. The fourth-order valence-corrected chi connectivity index (χ4v) is 3.71. The van der Waals surface area contributed by atoms with E-state index in [4.69, 9.17) is 14.5 Å². The molecule has 2 aliphatic heterocycles. The largest absolute Gasteiger partial charge is 0.378 e. The van der Waals surface area contributed by atoms with Gasteiger partial charge in [0.2, 0.25) is 11.9 Å². The van der Waals surface area contributed by atoms with E-state index in [2.05, 4.69) is 14.8 Å². The fraction of sp³-hybridized carbons (Fsp3) is 0.500. The van der Waals surface area contributed by atoms with Crippen LogP contribution in [-0.4, -0.2) is 79.9 Å². The number of rotatable bonds is 6. The highest BCUT2D eigenvalue weighted by Crippen LogP contribution is 2.20.